The van der Waals surface area contributed by atoms with Crippen LogP contribution < -0.4 is 0 Å². The van der Waals surface area contributed by atoms with Crippen LogP contribution in [0.5, 0.6) is 0 Å². The SMILES string of the molecule is CC1(C)c2cc(-c3cccc4c3oc3c(-c5cccc(-c6nc(-c7ccccc7)nc(-c7ccccc7)n6)c5)cccc34)ccc2-c2c1ccc1nc(-c3ccccc3)oc21. The van der Waals surface area contributed by atoms with Crippen molar-refractivity contribution in [3.8, 4) is 79.0 Å². The van der Waals surface area contributed by atoms with Crippen LogP contribution >= 0.6 is 0 Å². The van der Waals surface area contributed by atoms with Gasteiger partial charge in [0.2, 0.25) is 5.89 Å². The maximum Gasteiger partial charge on any atom is 0.227 e. The molecule has 0 unspecified atom stereocenters. The molecule has 0 saturated carbocycles. The van der Waals surface area contributed by atoms with E-state index in [1.807, 2.05) is 91.0 Å². The zero-order valence-electron chi connectivity index (χ0n) is 33.4. The predicted molar refractivity (Wildman–Crippen MR) is 245 cm³/mol. The molecule has 61 heavy (non-hydrogen) atoms. The Morgan fingerprint density at radius 2 is 0.885 bits per heavy atom. The van der Waals surface area contributed by atoms with Crippen LogP contribution in [0.25, 0.3) is 112 Å². The number of benzene rings is 8. The molecule has 11 aromatic rings. The number of rotatable bonds is 6. The Labute approximate surface area is 351 Å². The Bertz CT molecular complexity index is 3440. The van der Waals surface area contributed by atoms with Crippen molar-refractivity contribution in [2.24, 2.45) is 0 Å². The fourth-order valence-electron chi connectivity index (χ4n) is 9.11. The van der Waals surface area contributed by atoms with Crippen LogP contribution in [0, 0.1) is 0 Å². The lowest BCUT2D eigenvalue weighted by atomic mass is 9.81. The summed E-state index contributed by atoms with van der Waals surface area (Å²) in [5, 5.41) is 2.14. The van der Waals surface area contributed by atoms with Gasteiger partial charge in [-0.25, -0.2) is 19.9 Å². The molecular formula is C55H36N4O2. The number of hydrogen-bond acceptors (Lipinski definition) is 6. The highest BCUT2D eigenvalue weighted by molar-refractivity contribution is 6.13. The number of oxazole rings is 1. The fraction of sp³-hybridized carbons (Fsp3) is 0.0545. The molecule has 6 heteroatoms. The molecule has 12 rings (SSSR count). The lowest BCUT2D eigenvalue weighted by molar-refractivity contribution is 0.618. The highest BCUT2D eigenvalue weighted by atomic mass is 16.3. The summed E-state index contributed by atoms with van der Waals surface area (Å²) in [6.07, 6.45) is 0. The largest absolute Gasteiger partial charge is 0.455 e. The van der Waals surface area contributed by atoms with Crippen LogP contribution in [-0.4, -0.2) is 19.9 Å². The van der Waals surface area contributed by atoms with E-state index in [1.165, 1.54) is 16.7 Å². The summed E-state index contributed by atoms with van der Waals surface area (Å²) >= 11 is 0. The molecule has 0 radical (unpaired) electrons. The monoisotopic (exact) mass is 784 g/mol. The first-order chi connectivity index (χ1) is 30.0. The summed E-state index contributed by atoms with van der Waals surface area (Å²) in [5.74, 6) is 2.50. The van der Waals surface area contributed by atoms with Crippen LogP contribution in [0.4, 0.5) is 0 Å². The molecule has 1 aliphatic carbocycles. The summed E-state index contributed by atoms with van der Waals surface area (Å²) in [6, 6.07) is 62.6. The molecule has 1 aliphatic rings. The van der Waals surface area contributed by atoms with E-state index < -0.39 is 0 Å². The molecule has 0 amide bonds. The lowest BCUT2D eigenvalue weighted by Crippen LogP contribution is -2.14. The van der Waals surface area contributed by atoms with Crippen molar-refractivity contribution in [2.75, 3.05) is 0 Å². The number of hydrogen-bond donors (Lipinski definition) is 0. The molecule has 6 nitrogen and oxygen atoms in total. The van der Waals surface area contributed by atoms with E-state index in [0.717, 1.165) is 83.1 Å². The second-order valence-electron chi connectivity index (χ2n) is 16.2. The van der Waals surface area contributed by atoms with Crippen molar-refractivity contribution < 1.29 is 8.83 Å². The van der Waals surface area contributed by atoms with E-state index in [-0.39, 0.29) is 5.41 Å². The maximum absolute atomic E-state index is 6.99. The maximum atomic E-state index is 6.99. The summed E-state index contributed by atoms with van der Waals surface area (Å²) < 4.78 is 13.5. The first kappa shape index (κ1) is 35.0. The number of para-hydroxylation sites is 2. The quantitative estimate of drug-likeness (QED) is 0.167. The minimum absolute atomic E-state index is 0.253. The third-order valence-corrected chi connectivity index (χ3v) is 12.2. The Balaban J connectivity index is 0.958. The number of fused-ring (bicyclic) bond motifs is 8. The molecule has 288 valence electrons. The van der Waals surface area contributed by atoms with E-state index in [9.17, 15) is 0 Å². The molecule has 3 aromatic heterocycles. The van der Waals surface area contributed by atoms with Crippen molar-refractivity contribution in [2.45, 2.75) is 19.3 Å². The van der Waals surface area contributed by atoms with E-state index in [1.54, 1.807) is 0 Å². The second kappa shape index (κ2) is 13.5. The molecule has 0 fully saturated rings. The van der Waals surface area contributed by atoms with E-state index in [4.69, 9.17) is 28.8 Å². The van der Waals surface area contributed by atoms with Crippen LogP contribution in [0.1, 0.15) is 25.0 Å². The minimum Gasteiger partial charge on any atom is -0.455 e. The van der Waals surface area contributed by atoms with Gasteiger partial charge in [0, 0.05) is 55.1 Å². The molecular weight excluding hydrogens is 749 g/mol. The molecule has 0 saturated heterocycles. The van der Waals surface area contributed by atoms with Gasteiger partial charge in [-0.3, -0.25) is 0 Å². The van der Waals surface area contributed by atoms with Gasteiger partial charge in [0.05, 0.1) is 0 Å². The highest BCUT2D eigenvalue weighted by Gasteiger charge is 2.38. The first-order valence-corrected chi connectivity index (χ1v) is 20.5. The van der Waals surface area contributed by atoms with Crippen LogP contribution in [-0.2, 0) is 5.41 Å². The second-order valence-corrected chi connectivity index (χ2v) is 16.2. The molecule has 0 spiro atoms. The molecule has 0 N–H and O–H groups in total. The third kappa shape index (κ3) is 5.64. The summed E-state index contributed by atoms with van der Waals surface area (Å²) in [7, 11) is 0. The Hall–Kier alpha value is -7.96. The Morgan fingerprint density at radius 3 is 1.51 bits per heavy atom. The smallest absolute Gasteiger partial charge is 0.227 e. The fourth-order valence-corrected chi connectivity index (χ4v) is 9.11. The topological polar surface area (TPSA) is 77.8 Å². The molecule has 0 bridgehead atoms. The van der Waals surface area contributed by atoms with Gasteiger partial charge in [-0.1, -0.05) is 166 Å². The first-order valence-electron chi connectivity index (χ1n) is 20.5. The van der Waals surface area contributed by atoms with Gasteiger partial charge in [0.15, 0.2) is 23.1 Å². The van der Waals surface area contributed by atoms with Gasteiger partial charge in [0.25, 0.3) is 0 Å². The van der Waals surface area contributed by atoms with Gasteiger partial charge in [-0.2, -0.15) is 0 Å². The van der Waals surface area contributed by atoms with Crippen molar-refractivity contribution in [3.05, 3.63) is 193 Å². The number of aromatic nitrogens is 4. The standard InChI is InChI=1S/C55H36N4O2/c1-55(2)44-29-30-46-50(61-54(56-46)35-19-10-5-11-20-35)47(44)43-28-27-37(32-45(43)55)40-24-14-26-42-41-25-13-23-39(48(41)60-49(40)42)36-21-12-22-38(31-36)53-58-51(33-15-6-3-7-16-33)57-52(59-53)34-17-8-4-9-18-34/h3-32H,1-2H3. The lowest BCUT2D eigenvalue weighted by Gasteiger charge is -2.22. The van der Waals surface area contributed by atoms with Gasteiger partial charge in [0.1, 0.15) is 16.7 Å². The van der Waals surface area contributed by atoms with Crippen LogP contribution in [0.15, 0.2) is 191 Å². The summed E-state index contributed by atoms with van der Waals surface area (Å²) in [6.45, 7) is 4.59. The van der Waals surface area contributed by atoms with E-state index >= 15 is 0 Å². The van der Waals surface area contributed by atoms with Gasteiger partial charge in [-0.05, 0) is 58.1 Å². The van der Waals surface area contributed by atoms with Crippen molar-refractivity contribution in [3.63, 3.8) is 0 Å². The zero-order chi connectivity index (χ0) is 40.7. The van der Waals surface area contributed by atoms with E-state index in [0.29, 0.717) is 23.4 Å². The summed E-state index contributed by atoms with van der Waals surface area (Å²) in [5.41, 5.74) is 15.8. The van der Waals surface area contributed by atoms with Crippen molar-refractivity contribution in [1.29, 1.82) is 0 Å². The van der Waals surface area contributed by atoms with E-state index in [2.05, 4.69) is 105 Å². The normalized spacial score (nSPS) is 12.9. The predicted octanol–water partition coefficient (Wildman–Crippen LogP) is 14.2. The Kier molecular flexibility index (Phi) is 7.78. The average molecular weight is 785 g/mol. The average Bonchev–Trinajstić information content (AvgIpc) is 4.00. The van der Waals surface area contributed by atoms with Crippen molar-refractivity contribution in [1.82, 2.24) is 19.9 Å². The van der Waals surface area contributed by atoms with Gasteiger partial charge < -0.3 is 8.83 Å². The Morgan fingerprint density at radius 1 is 0.361 bits per heavy atom. The van der Waals surface area contributed by atoms with Crippen LogP contribution in [0.2, 0.25) is 0 Å². The molecule has 0 atom stereocenters. The molecule has 3 heterocycles. The third-order valence-electron chi connectivity index (χ3n) is 12.2. The number of furan rings is 1. The molecule has 8 aromatic carbocycles. The van der Waals surface area contributed by atoms with Crippen molar-refractivity contribution >= 4 is 33.0 Å². The van der Waals surface area contributed by atoms with Crippen LogP contribution in [0.3, 0.4) is 0 Å². The highest BCUT2D eigenvalue weighted by Crippen LogP contribution is 2.53. The van der Waals surface area contributed by atoms with Gasteiger partial charge in [-0.15, -0.1) is 0 Å². The zero-order valence-corrected chi connectivity index (χ0v) is 33.4. The minimum atomic E-state index is -0.253. The van der Waals surface area contributed by atoms with Gasteiger partial charge >= 0.3 is 0 Å². The summed E-state index contributed by atoms with van der Waals surface area (Å²) in [4.78, 5) is 19.8. The molecule has 0 aliphatic heterocycles. The number of nitrogens with zero attached hydrogens (tertiary/aromatic N) is 4.